The fourth-order valence-corrected chi connectivity index (χ4v) is 4.26. The quantitative estimate of drug-likeness (QED) is 0.553. The average Bonchev–Trinajstić information content (AvgIpc) is 2.46. The third-order valence-corrected chi connectivity index (χ3v) is 5.25. The van der Waals surface area contributed by atoms with E-state index in [1.54, 1.807) is 52.8 Å². The Kier molecular flexibility index (Phi) is 8.05. The standard InChI is InChI=1S/C21H32N2O4S/c1-15(2)11-9-10-12-23(20(24)27-21(6,7)8)22-28(25,26)19-17(4)13-16(3)14-18(19)5/h9,13-14,22H,10,12H2,1-8H3. The summed E-state index contributed by atoms with van der Waals surface area (Å²) in [7, 11) is -3.96. The zero-order valence-corrected chi connectivity index (χ0v) is 19.0. The van der Waals surface area contributed by atoms with Crippen molar-refractivity contribution in [3.8, 4) is 0 Å². The minimum Gasteiger partial charge on any atom is -0.443 e. The Balaban J connectivity index is 3.20. The van der Waals surface area contributed by atoms with Crippen molar-refractivity contribution in [3.63, 3.8) is 0 Å². The number of rotatable bonds is 6. The number of hydrogen-bond donors (Lipinski definition) is 1. The number of nitrogens with one attached hydrogen (secondary N) is 1. The van der Waals surface area contributed by atoms with Crippen LogP contribution in [0, 0.1) is 20.8 Å². The smallest absolute Gasteiger partial charge is 0.425 e. The molecule has 0 aliphatic heterocycles. The molecule has 0 saturated heterocycles. The molecule has 156 valence electrons. The Bertz CT molecular complexity index is 862. The maximum atomic E-state index is 13.0. The van der Waals surface area contributed by atoms with Gasteiger partial charge in [0, 0.05) is 6.54 Å². The highest BCUT2D eigenvalue weighted by molar-refractivity contribution is 7.89. The lowest BCUT2D eigenvalue weighted by Crippen LogP contribution is -2.48. The molecular weight excluding hydrogens is 376 g/mol. The van der Waals surface area contributed by atoms with Crippen LogP contribution in [-0.2, 0) is 14.8 Å². The summed E-state index contributed by atoms with van der Waals surface area (Å²) in [5.41, 5.74) is 5.52. The highest BCUT2D eigenvalue weighted by atomic mass is 32.2. The predicted octanol–water partition coefficient (Wildman–Crippen LogP) is 4.55. The Morgan fingerprint density at radius 3 is 2.18 bits per heavy atom. The Morgan fingerprint density at radius 2 is 1.71 bits per heavy atom. The molecule has 1 aromatic carbocycles. The zero-order valence-electron chi connectivity index (χ0n) is 18.1. The third-order valence-electron chi connectivity index (χ3n) is 3.61. The average molecular weight is 409 g/mol. The van der Waals surface area contributed by atoms with E-state index in [1.165, 1.54) is 0 Å². The first kappa shape index (κ1) is 24.0. The van der Waals surface area contributed by atoms with Gasteiger partial charge in [-0.25, -0.2) is 18.2 Å². The van der Waals surface area contributed by atoms with E-state index >= 15 is 0 Å². The molecule has 1 aromatic rings. The molecule has 0 radical (unpaired) electrons. The van der Waals surface area contributed by atoms with E-state index in [9.17, 15) is 13.2 Å². The van der Waals surface area contributed by atoms with E-state index in [0.29, 0.717) is 17.5 Å². The lowest BCUT2D eigenvalue weighted by atomic mass is 10.1. The number of carbonyl (C=O) groups excluding carboxylic acids is 1. The van der Waals surface area contributed by atoms with Crippen molar-refractivity contribution >= 4 is 16.1 Å². The normalized spacial score (nSPS) is 11.6. The summed E-state index contributed by atoms with van der Waals surface area (Å²) in [4.78, 5) is 15.1. The minimum absolute atomic E-state index is 0.123. The van der Waals surface area contributed by atoms with Gasteiger partial charge in [0.05, 0.1) is 4.90 Å². The van der Waals surface area contributed by atoms with Gasteiger partial charge in [-0.1, -0.05) is 17.7 Å². The molecule has 0 bridgehead atoms. The van der Waals surface area contributed by atoms with Crippen LogP contribution >= 0.6 is 0 Å². The van der Waals surface area contributed by atoms with Gasteiger partial charge in [-0.05, 0) is 84.6 Å². The fraction of sp³-hybridized carbons (Fsp3) is 0.524. The van der Waals surface area contributed by atoms with Gasteiger partial charge in [0.25, 0.3) is 10.0 Å². The molecule has 0 fully saturated rings. The molecule has 0 unspecified atom stereocenters. The molecule has 0 saturated carbocycles. The number of benzene rings is 1. The van der Waals surface area contributed by atoms with E-state index in [-0.39, 0.29) is 11.4 Å². The summed E-state index contributed by atoms with van der Waals surface area (Å²) in [6.07, 6.45) is 1.45. The van der Waals surface area contributed by atoms with Crippen molar-refractivity contribution in [2.24, 2.45) is 0 Å². The summed E-state index contributed by atoms with van der Waals surface area (Å²) >= 11 is 0. The topological polar surface area (TPSA) is 75.7 Å². The van der Waals surface area contributed by atoms with Crippen molar-refractivity contribution in [1.82, 2.24) is 9.84 Å². The third kappa shape index (κ3) is 7.50. The van der Waals surface area contributed by atoms with Gasteiger partial charge in [-0.3, -0.25) is 0 Å². The van der Waals surface area contributed by atoms with E-state index in [2.05, 4.69) is 10.6 Å². The number of amides is 1. The van der Waals surface area contributed by atoms with Crippen LogP contribution in [0.25, 0.3) is 0 Å². The Labute approximate surface area is 169 Å². The zero-order chi connectivity index (χ0) is 21.7. The van der Waals surface area contributed by atoms with Gasteiger partial charge in [-0.2, -0.15) is 0 Å². The molecule has 0 aromatic heterocycles. The van der Waals surface area contributed by atoms with E-state index < -0.39 is 21.7 Å². The van der Waals surface area contributed by atoms with Crippen molar-refractivity contribution in [2.45, 2.75) is 72.3 Å². The van der Waals surface area contributed by atoms with Crippen molar-refractivity contribution in [2.75, 3.05) is 6.54 Å². The van der Waals surface area contributed by atoms with Crippen LogP contribution in [0.15, 0.2) is 34.4 Å². The molecule has 0 aliphatic rings. The lowest BCUT2D eigenvalue weighted by Gasteiger charge is -2.27. The second kappa shape index (κ2) is 9.41. The van der Waals surface area contributed by atoms with Gasteiger partial charge in [0.15, 0.2) is 0 Å². The second-order valence-corrected chi connectivity index (χ2v) is 9.69. The predicted molar refractivity (Wildman–Crippen MR) is 111 cm³/mol. The van der Waals surface area contributed by atoms with E-state index in [1.807, 2.05) is 20.8 Å². The molecule has 6 nitrogen and oxygen atoms in total. The van der Waals surface area contributed by atoms with Crippen molar-refractivity contribution in [1.29, 1.82) is 0 Å². The molecule has 0 spiro atoms. The summed E-state index contributed by atoms with van der Waals surface area (Å²) < 4.78 is 31.4. The molecule has 0 heterocycles. The Morgan fingerprint density at radius 1 is 1.18 bits per heavy atom. The molecule has 0 aliphatic carbocycles. The second-order valence-electron chi connectivity index (χ2n) is 8.09. The lowest BCUT2D eigenvalue weighted by molar-refractivity contribution is 0.0206. The van der Waals surface area contributed by atoms with Gasteiger partial charge in [0.2, 0.25) is 0 Å². The monoisotopic (exact) mass is 408 g/mol. The van der Waals surface area contributed by atoms with E-state index in [4.69, 9.17) is 4.74 Å². The SMILES string of the molecule is CC(C)=C=CCCN(NS(=O)(=O)c1c(C)cc(C)cc1C)C(=O)OC(C)(C)C. The first-order chi connectivity index (χ1) is 12.7. The summed E-state index contributed by atoms with van der Waals surface area (Å²) in [5, 5.41) is 1.00. The van der Waals surface area contributed by atoms with Crippen LogP contribution in [0.2, 0.25) is 0 Å². The number of sulfonamides is 1. The summed E-state index contributed by atoms with van der Waals surface area (Å²) in [6.45, 7) is 14.5. The van der Waals surface area contributed by atoms with Gasteiger partial charge in [-0.15, -0.1) is 10.6 Å². The fourth-order valence-electron chi connectivity index (χ4n) is 2.74. The number of hydrogen-bond acceptors (Lipinski definition) is 4. The first-order valence-corrected chi connectivity index (χ1v) is 10.7. The largest absolute Gasteiger partial charge is 0.443 e. The number of carbonyl (C=O) groups is 1. The highest BCUT2D eigenvalue weighted by Gasteiger charge is 2.28. The molecular formula is C21H32N2O4S. The number of nitrogens with zero attached hydrogens (tertiary/aromatic N) is 1. The van der Waals surface area contributed by atoms with Crippen LogP contribution in [-0.4, -0.2) is 31.7 Å². The molecule has 1 amide bonds. The van der Waals surface area contributed by atoms with Crippen LogP contribution in [0.5, 0.6) is 0 Å². The maximum Gasteiger partial charge on any atom is 0.425 e. The van der Waals surface area contributed by atoms with Crippen LogP contribution in [0.3, 0.4) is 0 Å². The molecule has 0 atom stereocenters. The van der Waals surface area contributed by atoms with Gasteiger partial charge < -0.3 is 4.74 Å². The van der Waals surface area contributed by atoms with Crippen LogP contribution in [0.4, 0.5) is 4.79 Å². The van der Waals surface area contributed by atoms with Crippen molar-refractivity contribution in [3.05, 3.63) is 46.2 Å². The van der Waals surface area contributed by atoms with Crippen LogP contribution < -0.4 is 4.83 Å². The number of hydrazine groups is 1. The highest BCUT2D eigenvalue weighted by Crippen LogP contribution is 2.22. The van der Waals surface area contributed by atoms with Gasteiger partial charge in [0.1, 0.15) is 5.60 Å². The summed E-state index contributed by atoms with van der Waals surface area (Å²) in [5.74, 6) is 0. The summed E-state index contributed by atoms with van der Waals surface area (Å²) in [6, 6.07) is 3.61. The van der Waals surface area contributed by atoms with Crippen molar-refractivity contribution < 1.29 is 17.9 Å². The Hall–Kier alpha value is -2.08. The molecule has 7 heteroatoms. The molecule has 1 rings (SSSR count). The minimum atomic E-state index is -3.96. The van der Waals surface area contributed by atoms with Gasteiger partial charge >= 0.3 is 6.09 Å². The molecule has 1 N–H and O–H groups in total. The van der Waals surface area contributed by atoms with Crippen LogP contribution in [0.1, 0.15) is 57.7 Å². The number of aryl methyl sites for hydroxylation is 3. The van der Waals surface area contributed by atoms with E-state index in [0.717, 1.165) is 16.1 Å². The first-order valence-electron chi connectivity index (χ1n) is 9.22. The number of ether oxygens (including phenoxy) is 1. The molecule has 28 heavy (non-hydrogen) atoms. The maximum absolute atomic E-state index is 13.0.